The van der Waals surface area contributed by atoms with Gasteiger partial charge in [0.2, 0.25) is 5.91 Å². The number of hydrogen-bond acceptors (Lipinski definition) is 4. The second kappa shape index (κ2) is 7.61. The first-order valence-corrected chi connectivity index (χ1v) is 7.81. The summed E-state index contributed by atoms with van der Waals surface area (Å²) in [4.78, 5) is 16.6. The molecule has 0 aliphatic heterocycles. The van der Waals surface area contributed by atoms with Gasteiger partial charge in [0.05, 0.1) is 13.2 Å². The third-order valence-corrected chi connectivity index (χ3v) is 3.62. The molecule has 6 nitrogen and oxygen atoms in total. The van der Waals surface area contributed by atoms with Crippen molar-refractivity contribution in [2.24, 2.45) is 0 Å². The second-order valence-corrected chi connectivity index (χ2v) is 5.30. The maximum atomic E-state index is 11.9. The van der Waals surface area contributed by atoms with E-state index in [9.17, 15) is 4.79 Å². The summed E-state index contributed by atoms with van der Waals surface area (Å²) in [6.07, 6.45) is 1.93. The SMILES string of the molecule is COCCNC(=O)CNc1c(-c2ccccc2)nc2ccccn12. The number of benzene rings is 1. The molecule has 0 saturated heterocycles. The molecule has 0 aliphatic rings. The van der Waals surface area contributed by atoms with E-state index in [-0.39, 0.29) is 12.5 Å². The Kier molecular flexibility index (Phi) is 5.08. The summed E-state index contributed by atoms with van der Waals surface area (Å²) >= 11 is 0. The Morgan fingerprint density at radius 1 is 1.17 bits per heavy atom. The number of fused-ring (bicyclic) bond motifs is 1. The van der Waals surface area contributed by atoms with Crippen molar-refractivity contribution >= 4 is 17.4 Å². The fourth-order valence-corrected chi connectivity index (χ4v) is 2.48. The van der Waals surface area contributed by atoms with Crippen LogP contribution in [0.1, 0.15) is 0 Å². The van der Waals surface area contributed by atoms with Crippen molar-refractivity contribution in [3.8, 4) is 11.3 Å². The molecular formula is C18H20N4O2. The smallest absolute Gasteiger partial charge is 0.239 e. The fraction of sp³-hybridized carbons (Fsp3) is 0.222. The minimum absolute atomic E-state index is 0.0862. The third kappa shape index (κ3) is 3.55. The molecule has 3 aromatic rings. The van der Waals surface area contributed by atoms with Crippen molar-refractivity contribution in [3.63, 3.8) is 0 Å². The van der Waals surface area contributed by atoms with Gasteiger partial charge in [-0.1, -0.05) is 36.4 Å². The van der Waals surface area contributed by atoms with Gasteiger partial charge in [0.25, 0.3) is 0 Å². The first-order valence-electron chi connectivity index (χ1n) is 7.81. The summed E-state index contributed by atoms with van der Waals surface area (Å²) in [7, 11) is 1.61. The largest absolute Gasteiger partial charge is 0.383 e. The highest BCUT2D eigenvalue weighted by Crippen LogP contribution is 2.28. The summed E-state index contributed by atoms with van der Waals surface area (Å²) in [5.74, 6) is 0.718. The fourth-order valence-electron chi connectivity index (χ4n) is 2.48. The predicted molar refractivity (Wildman–Crippen MR) is 94.0 cm³/mol. The number of nitrogens with one attached hydrogen (secondary N) is 2. The van der Waals surface area contributed by atoms with Gasteiger partial charge in [-0.05, 0) is 12.1 Å². The van der Waals surface area contributed by atoms with E-state index in [1.54, 1.807) is 7.11 Å². The van der Waals surface area contributed by atoms with E-state index >= 15 is 0 Å². The summed E-state index contributed by atoms with van der Waals surface area (Å²) in [6.45, 7) is 1.17. The molecule has 0 saturated carbocycles. The van der Waals surface area contributed by atoms with Crippen LogP contribution in [0, 0.1) is 0 Å². The topological polar surface area (TPSA) is 67.7 Å². The number of carbonyl (C=O) groups is 1. The number of aromatic nitrogens is 2. The van der Waals surface area contributed by atoms with Crippen LogP contribution in [0.2, 0.25) is 0 Å². The van der Waals surface area contributed by atoms with Gasteiger partial charge in [-0.2, -0.15) is 0 Å². The summed E-state index contributed by atoms with van der Waals surface area (Å²) < 4.78 is 6.88. The molecule has 3 rings (SSSR count). The summed E-state index contributed by atoms with van der Waals surface area (Å²) in [5, 5.41) is 6.01. The van der Waals surface area contributed by atoms with Crippen LogP contribution < -0.4 is 10.6 Å². The van der Waals surface area contributed by atoms with Crippen molar-refractivity contribution < 1.29 is 9.53 Å². The number of anilines is 1. The highest BCUT2D eigenvalue weighted by molar-refractivity contribution is 5.83. The van der Waals surface area contributed by atoms with E-state index in [0.717, 1.165) is 22.7 Å². The van der Waals surface area contributed by atoms with Crippen molar-refractivity contribution in [3.05, 3.63) is 54.7 Å². The van der Waals surface area contributed by atoms with Crippen molar-refractivity contribution in [1.29, 1.82) is 0 Å². The Balaban J connectivity index is 1.84. The molecule has 24 heavy (non-hydrogen) atoms. The summed E-state index contributed by atoms with van der Waals surface area (Å²) in [6, 6.07) is 15.7. The molecule has 0 spiro atoms. The summed E-state index contributed by atoms with van der Waals surface area (Å²) in [5.41, 5.74) is 2.66. The van der Waals surface area contributed by atoms with Gasteiger partial charge in [0.1, 0.15) is 17.2 Å². The highest BCUT2D eigenvalue weighted by Gasteiger charge is 2.14. The van der Waals surface area contributed by atoms with Crippen LogP contribution in [0.4, 0.5) is 5.82 Å². The van der Waals surface area contributed by atoms with Crippen LogP contribution in [0.15, 0.2) is 54.7 Å². The molecular weight excluding hydrogens is 304 g/mol. The number of amides is 1. The monoisotopic (exact) mass is 324 g/mol. The number of pyridine rings is 1. The van der Waals surface area contributed by atoms with E-state index in [1.165, 1.54) is 0 Å². The van der Waals surface area contributed by atoms with Gasteiger partial charge in [-0.15, -0.1) is 0 Å². The van der Waals surface area contributed by atoms with Crippen LogP contribution in [-0.2, 0) is 9.53 Å². The number of ether oxygens (including phenoxy) is 1. The number of rotatable bonds is 7. The van der Waals surface area contributed by atoms with Crippen LogP contribution in [-0.4, -0.2) is 42.1 Å². The molecule has 1 aromatic carbocycles. The molecule has 6 heteroatoms. The number of methoxy groups -OCH3 is 1. The number of nitrogens with zero attached hydrogens (tertiary/aromatic N) is 2. The number of imidazole rings is 1. The molecule has 1 amide bonds. The van der Waals surface area contributed by atoms with Gasteiger partial charge in [-0.25, -0.2) is 4.98 Å². The maximum Gasteiger partial charge on any atom is 0.239 e. The first-order chi connectivity index (χ1) is 11.8. The zero-order valence-electron chi connectivity index (χ0n) is 13.5. The molecule has 0 bridgehead atoms. The van der Waals surface area contributed by atoms with Crippen molar-refractivity contribution in [1.82, 2.24) is 14.7 Å². The van der Waals surface area contributed by atoms with Gasteiger partial charge in [-0.3, -0.25) is 9.20 Å². The predicted octanol–water partition coefficient (Wildman–Crippen LogP) is 2.18. The van der Waals surface area contributed by atoms with Gasteiger partial charge < -0.3 is 15.4 Å². The molecule has 0 unspecified atom stereocenters. The van der Waals surface area contributed by atoms with Gasteiger partial charge in [0.15, 0.2) is 0 Å². The Labute approximate surface area is 140 Å². The molecule has 0 radical (unpaired) electrons. The normalized spacial score (nSPS) is 10.7. The van der Waals surface area contributed by atoms with E-state index in [1.807, 2.05) is 59.1 Å². The average Bonchev–Trinajstić information content (AvgIpc) is 2.99. The van der Waals surface area contributed by atoms with E-state index < -0.39 is 0 Å². The molecule has 0 atom stereocenters. The quantitative estimate of drug-likeness (QED) is 0.654. The average molecular weight is 324 g/mol. The standard InChI is InChI=1S/C18H20N4O2/c1-24-12-10-19-16(23)13-20-18-17(14-7-3-2-4-8-14)21-15-9-5-6-11-22(15)18/h2-9,11,20H,10,12-13H2,1H3,(H,19,23). The van der Waals surface area contributed by atoms with E-state index in [0.29, 0.717) is 13.2 Å². The van der Waals surface area contributed by atoms with Crippen LogP contribution >= 0.6 is 0 Å². The van der Waals surface area contributed by atoms with Crippen molar-refractivity contribution in [2.75, 3.05) is 32.1 Å². The lowest BCUT2D eigenvalue weighted by Crippen LogP contribution is -2.32. The van der Waals surface area contributed by atoms with Crippen LogP contribution in [0.25, 0.3) is 16.9 Å². The lowest BCUT2D eigenvalue weighted by molar-refractivity contribution is -0.119. The van der Waals surface area contributed by atoms with E-state index in [2.05, 4.69) is 15.6 Å². The highest BCUT2D eigenvalue weighted by atomic mass is 16.5. The van der Waals surface area contributed by atoms with Crippen LogP contribution in [0.5, 0.6) is 0 Å². The Bertz CT molecular complexity index is 814. The first kappa shape index (κ1) is 16.0. The second-order valence-electron chi connectivity index (χ2n) is 5.30. The Morgan fingerprint density at radius 2 is 1.96 bits per heavy atom. The van der Waals surface area contributed by atoms with Crippen LogP contribution in [0.3, 0.4) is 0 Å². The number of carbonyl (C=O) groups excluding carboxylic acids is 1. The molecule has 2 aromatic heterocycles. The molecule has 124 valence electrons. The lowest BCUT2D eigenvalue weighted by Gasteiger charge is -2.09. The zero-order valence-corrected chi connectivity index (χ0v) is 13.5. The molecule has 0 aliphatic carbocycles. The number of hydrogen-bond donors (Lipinski definition) is 2. The van der Waals surface area contributed by atoms with Gasteiger partial charge >= 0.3 is 0 Å². The van der Waals surface area contributed by atoms with Crippen molar-refractivity contribution in [2.45, 2.75) is 0 Å². The maximum absolute atomic E-state index is 11.9. The van der Waals surface area contributed by atoms with Gasteiger partial charge in [0, 0.05) is 25.4 Å². The zero-order chi connectivity index (χ0) is 16.8. The Hall–Kier alpha value is -2.86. The third-order valence-electron chi connectivity index (χ3n) is 3.62. The Morgan fingerprint density at radius 3 is 2.75 bits per heavy atom. The minimum atomic E-state index is -0.0862. The lowest BCUT2D eigenvalue weighted by atomic mass is 10.1. The molecule has 2 heterocycles. The minimum Gasteiger partial charge on any atom is -0.383 e. The van der Waals surface area contributed by atoms with E-state index in [4.69, 9.17) is 4.74 Å². The molecule has 2 N–H and O–H groups in total. The molecule has 0 fully saturated rings.